The van der Waals surface area contributed by atoms with Gasteiger partial charge in [-0.2, -0.15) is 0 Å². The summed E-state index contributed by atoms with van der Waals surface area (Å²) in [5, 5.41) is 0. The van der Waals surface area contributed by atoms with Crippen molar-refractivity contribution in [1.82, 2.24) is 9.80 Å². The topological polar surface area (TPSA) is 102 Å². The highest BCUT2D eigenvalue weighted by molar-refractivity contribution is 6.94. The van der Waals surface area contributed by atoms with Crippen molar-refractivity contribution in [2.75, 3.05) is 0 Å². The molecule has 0 spiro atoms. The molecule has 2 heterocycles. The van der Waals surface area contributed by atoms with E-state index in [1.807, 2.05) is 60.7 Å². The molecule has 4 rings (SSSR count). The fourth-order valence-corrected chi connectivity index (χ4v) is 23.5. The molecule has 0 N–H and O–H groups in total. The quantitative estimate of drug-likeness (QED) is 0.159. The summed E-state index contributed by atoms with van der Waals surface area (Å²) >= 11 is 0. The Kier molecular flexibility index (Phi) is 12.9. The van der Waals surface area contributed by atoms with Crippen molar-refractivity contribution in [2.24, 2.45) is 0 Å². The average Bonchev–Trinajstić information content (AvgIpc) is 3.00. The normalized spacial score (nSPS) is 21.4. The first kappa shape index (κ1) is 41.3. The van der Waals surface area contributed by atoms with Gasteiger partial charge < -0.3 is 13.6 Å². The lowest BCUT2D eigenvalue weighted by Gasteiger charge is -2.55. The molecule has 50 heavy (non-hydrogen) atoms. The molecular formula is C39H60N2O7Si2. The van der Waals surface area contributed by atoms with Gasteiger partial charge in [-0.15, -0.1) is 0 Å². The second-order valence-corrected chi connectivity index (χ2v) is 26.2. The van der Waals surface area contributed by atoms with E-state index < -0.39 is 58.5 Å². The van der Waals surface area contributed by atoms with Crippen LogP contribution in [0.5, 0.6) is 0 Å². The van der Waals surface area contributed by atoms with Crippen molar-refractivity contribution < 1.29 is 32.8 Å². The zero-order valence-corrected chi connectivity index (χ0v) is 33.4. The Hall–Kier alpha value is -3.13. The first-order valence-corrected chi connectivity index (χ1v) is 22.2. The fraction of sp³-hybridized carbons (Fsp3) is 0.590. The van der Waals surface area contributed by atoms with Gasteiger partial charge in [0.15, 0.2) is 28.8 Å². The van der Waals surface area contributed by atoms with Crippen molar-refractivity contribution in [3.63, 3.8) is 0 Å². The summed E-state index contributed by atoms with van der Waals surface area (Å²) in [6.45, 7) is 24.1. The lowest BCUT2D eigenvalue weighted by atomic mass is 9.91. The third-order valence-corrected chi connectivity index (χ3v) is 24.1. The number of hydrogen-bond donors (Lipinski definition) is 0. The van der Waals surface area contributed by atoms with E-state index >= 15 is 0 Å². The molecule has 11 heteroatoms. The van der Waals surface area contributed by atoms with Crippen LogP contribution in [0.3, 0.4) is 0 Å². The van der Waals surface area contributed by atoms with Gasteiger partial charge in [0, 0.05) is 6.92 Å². The van der Waals surface area contributed by atoms with Crippen LogP contribution in [0.25, 0.3) is 0 Å². The van der Waals surface area contributed by atoms with E-state index in [0.29, 0.717) is 5.67 Å². The van der Waals surface area contributed by atoms with Crippen LogP contribution >= 0.6 is 0 Å². The second-order valence-electron chi connectivity index (χ2n) is 15.9. The predicted molar refractivity (Wildman–Crippen MR) is 202 cm³/mol. The highest BCUT2D eigenvalue weighted by atomic mass is 28.4. The minimum Gasteiger partial charge on any atom is -0.443 e. The summed E-state index contributed by atoms with van der Waals surface area (Å²) in [6, 6.07) is 18.0. The summed E-state index contributed by atoms with van der Waals surface area (Å²) in [4.78, 5) is 56.3. The first-order valence-electron chi connectivity index (χ1n) is 17.6. The number of benzene rings is 2. The molecule has 276 valence electrons. The number of hydrogen-bond acceptors (Lipinski definition) is 7. The predicted octanol–water partition coefficient (Wildman–Crippen LogP) is 9.11. The van der Waals surface area contributed by atoms with Gasteiger partial charge in [-0.05, 0) is 59.7 Å². The molecule has 2 aromatic carbocycles. The van der Waals surface area contributed by atoms with Gasteiger partial charge in [-0.1, -0.05) is 123 Å². The van der Waals surface area contributed by atoms with Crippen molar-refractivity contribution in [3.8, 4) is 0 Å². The van der Waals surface area contributed by atoms with Crippen LogP contribution in [0.15, 0.2) is 60.7 Å². The molecule has 2 aliphatic heterocycles. The van der Waals surface area contributed by atoms with E-state index in [4.69, 9.17) is 13.6 Å². The van der Waals surface area contributed by atoms with Crippen LogP contribution in [0.2, 0.25) is 27.8 Å². The number of β-lactam (4-membered cyclic amide) rings is 2. The zero-order valence-electron chi connectivity index (χ0n) is 31.4. The molecule has 4 amide bonds. The number of likely N-dealkylation sites (tertiary alicyclic amines) is 2. The van der Waals surface area contributed by atoms with Gasteiger partial charge in [0.2, 0.25) is 5.91 Å². The van der Waals surface area contributed by atoms with Gasteiger partial charge in [-0.3, -0.25) is 19.3 Å². The zero-order chi connectivity index (χ0) is 36.6. The molecule has 2 aliphatic rings. The van der Waals surface area contributed by atoms with Crippen molar-refractivity contribution in [1.29, 1.82) is 0 Å². The summed E-state index contributed by atoms with van der Waals surface area (Å²) in [5.41, 5.74) is 1.88. The van der Waals surface area contributed by atoms with Gasteiger partial charge in [0.25, 0.3) is 11.8 Å². The average molecular weight is 725 g/mol. The number of carbonyl (C=O) groups is 4. The number of imide groups is 2. The van der Waals surface area contributed by atoms with Gasteiger partial charge in [-0.25, -0.2) is 9.69 Å². The molecule has 0 bridgehead atoms. The van der Waals surface area contributed by atoms with E-state index in [1.165, 1.54) is 16.7 Å². The van der Waals surface area contributed by atoms with E-state index in [1.54, 1.807) is 20.8 Å². The molecule has 0 unspecified atom stereocenters. The molecule has 2 fully saturated rings. The molecule has 2 saturated heterocycles. The molecule has 0 aliphatic carbocycles. The Labute approximate surface area is 302 Å². The monoisotopic (exact) mass is 724 g/mol. The fourth-order valence-electron chi connectivity index (χ4n) is 7.65. The van der Waals surface area contributed by atoms with Gasteiger partial charge >= 0.3 is 6.09 Å². The van der Waals surface area contributed by atoms with Crippen molar-refractivity contribution in [2.45, 2.75) is 148 Å². The Morgan fingerprint density at radius 3 is 1.32 bits per heavy atom. The van der Waals surface area contributed by atoms with Gasteiger partial charge in [0.1, 0.15) is 11.6 Å². The lowest BCUT2D eigenvalue weighted by molar-refractivity contribution is -0.172. The van der Waals surface area contributed by atoms with Crippen LogP contribution in [0, 0.1) is 0 Å². The van der Waals surface area contributed by atoms with E-state index in [2.05, 4.69) is 55.4 Å². The third kappa shape index (κ3) is 7.71. The Bertz CT molecular complexity index is 1490. The van der Waals surface area contributed by atoms with E-state index in [-0.39, 0.29) is 41.4 Å². The standard InChI is InChI=1S/C38H56N2O7Si2.CH4/c1-24(2)48(25(3)4,46-33-31(29-19-15-13-16-20-29)39(28(9)41)35(33)42)23-49(26(5)6,27(7)8)47-34-32(30-21-17-14-18-22-30)40(36(34)43)37(44)45-38(10,11)12;/h13-22,24-27,31-34H,23H2,1-12H3;1H4/t31-,32-,33+,34+;/m0./s1. The maximum atomic E-state index is 14.0. The molecule has 4 atom stereocenters. The third-order valence-electron chi connectivity index (χ3n) is 10.5. The molecule has 0 aromatic heterocycles. The summed E-state index contributed by atoms with van der Waals surface area (Å²) < 4.78 is 20.3. The minimum absolute atomic E-state index is 0. The minimum atomic E-state index is -2.94. The van der Waals surface area contributed by atoms with Crippen molar-refractivity contribution >= 4 is 40.4 Å². The highest BCUT2D eigenvalue weighted by Gasteiger charge is 2.63. The maximum Gasteiger partial charge on any atom is 0.417 e. The molecular weight excluding hydrogens is 665 g/mol. The van der Waals surface area contributed by atoms with Crippen LogP contribution in [-0.4, -0.2) is 68.1 Å². The number of rotatable bonds is 12. The SMILES string of the molecule is C.CC(=O)N1C(=O)[C@H](O[Si](C[Si](O[C@H]2C(=O)N(C(=O)OC(C)(C)C)[C@H]2c2ccccc2)(C(C)C)C(C)C)(C(C)C)C(C)C)[C@@H]1c1ccccc1. The number of ether oxygens (including phenoxy) is 1. The first-order chi connectivity index (χ1) is 22.8. The van der Waals surface area contributed by atoms with E-state index in [9.17, 15) is 19.2 Å². The van der Waals surface area contributed by atoms with Crippen molar-refractivity contribution in [3.05, 3.63) is 71.8 Å². The lowest BCUT2D eigenvalue weighted by Crippen LogP contribution is -2.69. The maximum absolute atomic E-state index is 14.0. The van der Waals surface area contributed by atoms with Gasteiger partial charge in [0.05, 0.1) is 6.04 Å². The smallest absolute Gasteiger partial charge is 0.417 e. The summed E-state index contributed by atoms with van der Waals surface area (Å²) in [6.07, 6.45) is -2.35. The largest absolute Gasteiger partial charge is 0.443 e. The molecule has 0 saturated carbocycles. The Balaban J connectivity index is 0.00000676. The number of carbonyl (C=O) groups excluding carboxylic acids is 4. The number of nitrogens with zero attached hydrogens (tertiary/aromatic N) is 2. The van der Waals surface area contributed by atoms with Crippen LogP contribution < -0.4 is 0 Å². The summed E-state index contributed by atoms with van der Waals surface area (Å²) in [5.74, 6) is -1.02. The van der Waals surface area contributed by atoms with E-state index in [0.717, 1.165) is 11.1 Å². The Morgan fingerprint density at radius 1 is 0.660 bits per heavy atom. The van der Waals surface area contributed by atoms with Crippen LogP contribution in [0.4, 0.5) is 4.79 Å². The van der Waals surface area contributed by atoms with Crippen LogP contribution in [0.1, 0.15) is 114 Å². The second kappa shape index (κ2) is 15.6. The highest BCUT2D eigenvalue weighted by Crippen LogP contribution is 2.52. The van der Waals surface area contributed by atoms with Crippen LogP contribution in [-0.2, 0) is 28.0 Å². The Morgan fingerprint density at radius 2 is 1.00 bits per heavy atom. The molecule has 2 aromatic rings. The summed E-state index contributed by atoms with van der Waals surface area (Å²) in [7, 11) is -5.86. The molecule has 0 radical (unpaired) electrons. The molecule has 9 nitrogen and oxygen atoms in total. The number of amides is 4.